The topological polar surface area (TPSA) is 60.9 Å². The molecular weight excluding hydrogens is 282 g/mol. The molecule has 3 heterocycles. The number of rotatable bonds is 4. The van der Waals surface area contributed by atoms with Crippen LogP contribution in [0.15, 0.2) is 0 Å². The van der Waals surface area contributed by atoms with Crippen LogP contribution in [0, 0.1) is 0 Å². The molecule has 3 fully saturated rings. The van der Waals surface area contributed by atoms with Gasteiger partial charge in [-0.05, 0) is 25.7 Å². The minimum atomic E-state index is -0.589. The number of nitrogens with zero attached hydrogens (tertiary/aromatic N) is 3. The second-order valence-corrected chi connectivity index (χ2v) is 6.63. The molecule has 0 aromatic heterocycles. The van der Waals surface area contributed by atoms with Crippen LogP contribution in [-0.4, -0.2) is 63.8 Å². The Bertz CT molecular complexity index is 507. The number of likely N-dealkylation sites (tertiary alicyclic amines) is 1. The quantitative estimate of drug-likeness (QED) is 0.741. The summed E-state index contributed by atoms with van der Waals surface area (Å²) in [5.74, 6) is 0.0815. The van der Waals surface area contributed by atoms with Crippen LogP contribution in [0.5, 0.6) is 0 Å². The van der Waals surface area contributed by atoms with Crippen LogP contribution >= 0.6 is 0 Å². The number of amides is 4. The van der Waals surface area contributed by atoms with E-state index in [0.29, 0.717) is 32.5 Å². The van der Waals surface area contributed by atoms with Crippen LogP contribution in [-0.2, 0) is 9.59 Å². The van der Waals surface area contributed by atoms with Gasteiger partial charge in [-0.15, -0.1) is 0 Å². The van der Waals surface area contributed by atoms with Gasteiger partial charge in [0.2, 0.25) is 5.91 Å². The zero-order valence-corrected chi connectivity index (χ0v) is 13.5. The number of hydrogen-bond acceptors (Lipinski definition) is 3. The first-order valence-electron chi connectivity index (χ1n) is 8.48. The molecule has 6 heteroatoms. The fourth-order valence-electron chi connectivity index (χ4n) is 4.33. The van der Waals surface area contributed by atoms with Crippen LogP contribution in [0.25, 0.3) is 0 Å². The van der Waals surface area contributed by atoms with E-state index in [2.05, 4.69) is 6.92 Å². The van der Waals surface area contributed by atoms with Crippen molar-refractivity contribution in [3.05, 3.63) is 0 Å². The van der Waals surface area contributed by atoms with Gasteiger partial charge in [0.05, 0.1) is 6.04 Å². The lowest BCUT2D eigenvalue weighted by Gasteiger charge is -2.27. The van der Waals surface area contributed by atoms with Gasteiger partial charge in [0.1, 0.15) is 5.54 Å². The van der Waals surface area contributed by atoms with E-state index in [-0.39, 0.29) is 23.9 Å². The van der Waals surface area contributed by atoms with Crippen LogP contribution in [0.3, 0.4) is 0 Å². The summed E-state index contributed by atoms with van der Waals surface area (Å²) in [7, 11) is 0. The number of hydrogen-bond donors (Lipinski definition) is 0. The molecule has 4 amide bonds. The van der Waals surface area contributed by atoms with Crippen molar-refractivity contribution in [1.29, 1.82) is 0 Å². The van der Waals surface area contributed by atoms with Gasteiger partial charge in [0.15, 0.2) is 0 Å². The maximum absolute atomic E-state index is 13.0. The van der Waals surface area contributed by atoms with Gasteiger partial charge >= 0.3 is 6.03 Å². The minimum Gasteiger partial charge on any atom is -0.341 e. The Morgan fingerprint density at radius 2 is 2.05 bits per heavy atom. The monoisotopic (exact) mass is 307 g/mol. The maximum Gasteiger partial charge on any atom is 0.327 e. The molecule has 0 aromatic carbocycles. The number of imide groups is 1. The third-order valence-corrected chi connectivity index (χ3v) is 5.39. The number of carbonyl (C=O) groups is 3. The average molecular weight is 307 g/mol. The van der Waals surface area contributed by atoms with Crippen molar-refractivity contribution >= 4 is 17.8 Å². The highest BCUT2D eigenvalue weighted by atomic mass is 16.2. The van der Waals surface area contributed by atoms with Crippen molar-refractivity contribution in [3.8, 4) is 0 Å². The molecule has 0 radical (unpaired) electrons. The molecule has 0 spiro atoms. The van der Waals surface area contributed by atoms with Gasteiger partial charge in [-0.2, -0.15) is 0 Å². The molecule has 3 saturated heterocycles. The molecule has 0 unspecified atom stereocenters. The van der Waals surface area contributed by atoms with Crippen LogP contribution in [0.4, 0.5) is 4.79 Å². The van der Waals surface area contributed by atoms with Gasteiger partial charge in [-0.3, -0.25) is 14.5 Å². The van der Waals surface area contributed by atoms with Gasteiger partial charge in [0.25, 0.3) is 5.91 Å². The molecule has 3 rings (SSSR count). The summed E-state index contributed by atoms with van der Waals surface area (Å²) in [5, 5.41) is 0. The van der Waals surface area contributed by atoms with E-state index in [1.807, 2.05) is 6.92 Å². The SMILES string of the molecule is CCC[C@@]12CCCN1C(=O)N([C@@H]1CCN(C(=O)CC)C1)C2=O. The summed E-state index contributed by atoms with van der Waals surface area (Å²) in [6, 6.07) is -0.276. The highest BCUT2D eigenvalue weighted by Gasteiger charge is 2.60. The zero-order chi connectivity index (χ0) is 15.9. The van der Waals surface area contributed by atoms with Gasteiger partial charge in [-0.25, -0.2) is 4.79 Å². The van der Waals surface area contributed by atoms with Crippen LogP contribution < -0.4 is 0 Å². The molecule has 122 valence electrons. The van der Waals surface area contributed by atoms with Crippen molar-refractivity contribution in [2.24, 2.45) is 0 Å². The summed E-state index contributed by atoms with van der Waals surface area (Å²) >= 11 is 0. The molecule has 0 aromatic rings. The van der Waals surface area contributed by atoms with E-state index in [1.165, 1.54) is 4.90 Å². The first-order valence-corrected chi connectivity index (χ1v) is 8.48. The maximum atomic E-state index is 13.0. The normalized spacial score (nSPS) is 31.4. The van der Waals surface area contributed by atoms with E-state index < -0.39 is 5.54 Å². The summed E-state index contributed by atoms with van der Waals surface area (Å²) in [4.78, 5) is 42.6. The van der Waals surface area contributed by atoms with Gasteiger partial charge in [-0.1, -0.05) is 20.3 Å². The molecule has 0 aliphatic carbocycles. The zero-order valence-electron chi connectivity index (χ0n) is 13.5. The molecule has 3 aliphatic rings. The Morgan fingerprint density at radius 3 is 2.73 bits per heavy atom. The Kier molecular flexibility index (Phi) is 3.87. The molecule has 0 saturated carbocycles. The standard InChI is InChI=1S/C16H25N3O3/c1-3-7-16-8-5-9-18(16)15(22)19(14(16)21)12-6-10-17(11-12)13(20)4-2/h12H,3-11H2,1-2H3/t12-,16+/m1/s1. The molecule has 3 aliphatic heterocycles. The molecule has 22 heavy (non-hydrogen) atoms. The van der Waals surface area contributed by atoms with E-state index in [9.17, 15) is 14.4 Å². The number of fused-ring (bicyclic) bond motifs is 1. The predicted octanol–water partition coefficient (Wildman–Crippen LogP) is 1.59. The van der Waals surface area contributed by atoms with Gasteiger partial charge in [0, 0.05) is 26.1 Å². The van der Waals surface area contributed by atoms with Crippen molar-refractivity contribution in [1.82, 2.24) is 14.7 Å². The molecule has 0 N–H and O–H groups in total. The lowest BCUT2D eigenvalue weighted by Crippen LogP contribution is -2.47. The minimum absolute atomic E-state index is 0.0207. The molecular formula is C16H25N3O3. The van der Waals surface area contributed by atoms with Crippen molar-refractivity contribution in [2.45, 2.75) is 64.0 Å². The summed E-state index contributed by atoms with van der Waals surface area (Å²) in [6.45, 7) is 5.73. The van der Waals surface area contributed by atoms with Crippen molar-refractivity contribution in [3.63, 3.8) is 0 Å². The average Bonchev–Trinajstić information content (AvgIpc) is 3.17. The van der Waals surface area contributed by atoms with E-state index in [4.69, 9.17) is 0 Å². The summed E-state index contributed by atoms with van der Waals surface area (Å²) in [5.41, 5.74) is -0.589. The van der Waals surface area contributed by atoms with Gasteiger partial charge < -0.3 is 9.80 Å². The molecule has 6 nitrogen and oxygen atoms in total. The highest BCUT2D eigenvalue weighted by Crippen LogP contribution is 2.42. The fraction of sp³-hybridized carbons (Fsp3) is 0.812. The Hall–Kier alpha value is -1.59. The Morgan fingerprint density at radius 1 is 1.27 bits per heavy atom. The smallest absolute Gasteiger partial charge is 0.327 e. The molecule has 2 atom stereocenters. The third-order valence-electron chi connectivity index (χ3n) is 5.39. The number of carbonyl (C=O) groups excluding carboxylic acids is 3. The summed E-state index contributed by atoms with van der Waals surface area (Å²) in [6.07, 6.45) is 4.52. The highest BCUT2D eigenvalue weighted by molar-refractivity contribution is 6.07. The largest absolute Gasteiger partial charge is 0.341 e. The van der Waals surface area contributed by atoms with Crippen LogP contribution in [0.2, 0.25) is 0 Å². The second-order valence-electron chi connectivity index (χ2n) is 6.63. The Labute approximate surface area is 131 Å². The Balaban J connectivity index is 1.80. The fourth-order valence-corrected chi connectivity index (χ4v) is 4.33. The first-order chi connectivity index (χ1) is 10.5. The lowest BCUT2D eigenvalue weighted by atomic mass is 9.90. The van der Waals surface area contributed by atoms with E-state index >= 15 is 0 Å². The first kappa shape index (κ1) is 15.3. The number of urea groups is 1. The van der Waals surface area contributed by atoms with Crippen molar-refractivity contribution < 1.29 is 14.4 Å². The lowest BCUT2D eigenvalue weighted by molar-refractivity contribution is -0.135. The van der Waals surface area contributed by atoms with Crippen LogP contribution in [0.1, 0.15) is 52.4 Å². The van der Waals surface area contributed by atoms with Crippen molar-refractivity contribution in [2.75, 3.05) is 19.6 Å². The second kappa shape index (κ2) is 5.56. The molecule has 0 bridgehead atoms. The van der Waals surface area contributed by atoms with E-state index in [0.717, 1.165) is 25.7 Å². The summed E-state index contributed by atoms with van der Waals surface area (Å²) < 4.78 is 0. The third kappa shape index (κ3) is 2.03. The predicted molar refractivity (Wildman–Crippen MR) is 81.1 cm³/mol. The van der Waals surface area contributed by atoms with E-state index in [1.54, 1.807) is 9.80 Å².